The van der Waals surface area contributed by atoms with Gasteiger partial charge in [0.25, 0.3) is 0 Å². The van der Waals surface area contributed by atoms with Gasteiger partial charge in [-0.3, -0.25) is 0 Å². The SMILES string of the molecule is COc1cccc(-c2cc3nc(-c4ccccc4)cc(N4C[C@@H](C)C[C@H](C)C4)n3n2)c1. The highest BCUT2D eigenvalue weighted by Gasteiger charge is 2.25. The highest BCUT2D eigenvalue weighted by atomic mass is 16.5. The molecule has 0 radical (unpaired) electrons. The Balaban J connectivity index is 1.67. The molecule has 3 heterocycles. The Morgan fingerprint density at radius 2 is 1.58 bits per heavy atom. The molecular weight excluding hydrogens is 384 g/mol. The summed E-state index contributed by atoms with van der Waals surface area (Å²) in [6, 6.07) is 22.7. The summed E-state index contributed by atoms with van der Waals surface area (Å²) in [7, 11) is 1.69. The van der Waals surface area contributed by atoms with Crippen LogP contribution in [0.4, 0.5) is 5.82 Å². The monoisotopic (exact) mass is 412 g/mol. The second-order valence-electron chi connectivity index (χ2n) is 8.75. The number of hydrogen-bond donors (Lipinski definition) is 0. The van der Waals surface area contributed by atoms with Crippen LogP contribution in [-0.4, -0.2) is 34.8 Å². The smallest absolute Gasteiger partial charge is 0.158 e. The van der Waals surface area contributed by atoms with Crippen LogP contribution in [0.2, 0.25) is 0 Å². The van der Waals surface area contributed by atoms with Crippen LogP contribution in [0, 0.1) is 11.8 Å². The minimum absolute atomic E-state index is 0.653. The number of hydrogen-bond acceptors (Lipinski definition) is 4. The van der Waals surface area contributed by atoms with Crippen molar-refractivity contribution in [2.24, 2.45) is 11.8 Å². The summed E-state index contributed by atoms with van der Waals surface area (Å²) in [6.45, 7) is 6.74. The number of ether oxygens (including phenoxy) is 1. The Hall–Kier alpha value is -3.34. The zero-order valence-electron chi connectivity index (χ0n) is 18.3. The molecule has 5 nitrogen and oxygen atoms in total. The molecule has 31 heavy (non-hydrogen) atoms. The molecule has 158 valence electrons. The first-order chi connectivity index (χ1) is 15.1. The molecule has 5 rings (SSSR count). The molecule has 1 saturated heterocycles. The van der Waals surface area contributed by atoms with Gasteiger partial charge in [0.05, 0.1) is 18.5 Å². The number of fused-ring (bicyclic) bond motifs is 1. The maximum Gasteiger partial charge on any atom is 0.158 e. The second kappa shape index (κ2) is 8.06. The lowest BCUT2D eigenvalue weighted by molar-refractivity contribution is 0.354. The highest BCUT2D eigenvalue weighted by Crippen LogP contribution is 2.32. The first-order valence-corrected chi connectivity index (χ1v) is 11.0. The van der Waals surface area contributed by atoms with E-state index in [1.165, 1.54) is 6.42 Å². The van der Waals surface area contributed by atoms with Crippen LogP contribution in [-0.2, 0) is 0 Å². The van der Waals surface area contributed by atoms with Gasteiger partial charge in [0, 0.05) is 36.3 Å². The van der Waals surface area contributed by atoms with E-state index in [4.69, 9.17) is 14.8 Å². The lowest BCUT2D eigenvalue weighted by atomic mass is 9.92. The summed E-state index contributed by atoms with van der Waals surface area (Å²) in [4.78, 5) is 7.44. The maximum absolute atomic E-state index is 5.41. The predicted octanol–water partition coefficient (Wildman–Crippen LogP) is 5.55. The number of anilines is 1. The molecule has 0 aliphatic carbocycles. The molecule has 0 spiro atoms. The fraction of sp³-hybridized carbons (Fsp3) is 0.308. The number of methoxy groups -OCH3 is 1. The van der Waals surface area contributed by atoms with E-state index in [2.05, 4.69) is 61.2 Å². The number of piperidine rings is 1. The van der Waals surface area contributed by atoms with Gasteiger partial charge in [0.2, 0.25) is 0 Å². The van der Waals surface area contributed by atoms with Crippen molar-refractivity contribution in [3.63, 3.8) is 0 Å². The maximum atomic E-state index is 5.41. The van der Waals surface area contributed by atoms with Crippen molar-refractivity contribution in [1.29, 1.82) is 0 Å². The van der Waals surface area contributed by atoms with Gasteiger partial charge in [0.15, 0.2) is 5.65 Å². The minimum atomic E-state index is 0.653. The molecule has 0 bridgehead atoms. The molecule has 0 amide bonds. The van der Waals surface area contributed by atoms with Crippen LogP contribution < -0.4 is 9.64 Å². The summed E-state index contributed by atoms with van der Waals surface area (Å²) in [5, 5.41) is 4.98. The summed E-state index contributed by atoms with van der Waals surface area (Å²) in [5.74, 6) is 3.24. The molecule has 2 aromatic carbocycles. The number of nitrogens with zero attached hydrogens (tertiary/aromatic N) is 4. The summed E-state index contributed by atoms with van der Waals surface area (Å²) in [6.07, 6.45) is 1.27. The third-order valence-corrected chi connectivity index (χ3v) is 6.04. The lowest BCUT2D eigenvalue weighted by Gasteiger charge is -2.36. The first kappa shape index (κ1) is 19.6. The van der Waals surface area contributed by atoms with Gasteiger partial charge in [-0.15, -0.1) is 0 Å². The van der Waals surface area contributed by atoms with Gasteiger partial charge in [-0.05, 0) is 30.4 Å². The van der Waals surface area contributed by atoms with Crippen LogP contribution in [0.15, 0.2) is 66.7 Å². The molecule has 1 aliphatic rings. The van der Waals surface area contributed by atoms with E-state index in [-0.39, 0.29) is 0 Å². The van der Waals surface area contributed by atoms with Crippen molar-refractivity contribution in [2.45, 2.75) is 20.3 Å². The fourth-order valence-corrected chi connectivity index (χ4v) is 4.71. The Morgan fingerprint density at radius 1 is 0.839 bits per heavy atom. The van der Waals surface area contributed by atoms with Gasteiger partial charge in [-0.25, -0.2) is 4.98 Å². The fourth-order valence-electron chi connectivity index (χ4n) is 4.71. The standard InChI is InChI=1S/C26H28N4O/c1-18-12-19(2)17-29(16-18)26-15-23(20-8-5-4-6-9-20)27-25-14-24(28-30(25)26)21-10-7-11-22(13-21)31-3/h4-11,13-15,18-19H,12,16-17H2,1-3H3/t18-,19-/m0/s1. The largest absolute Gasteiger partial charge is 0.497 e. The third-order valence-electron chi connectivity index (χ3n) is 6.04. The van der Waals surface area contributed by atoms with Gasteiger partial charge >= 0.3 is 0 Å². The molecule has 4 aromatic rings. The van der Waals surface area contributed by atoms with E-state index in [0.717, 1.165) is 52.8 Å². The van der Waals surface area contributed by atoms with Crippen LogP contribution in [0.5, 0.6) is 5.75 Å². The van der Waals surface area contributed by atoms with Crippen molar-refractivity contribution >= 4 is 11.5 Å². The molecule has 0 unspecified atom stereocenters. The average Bonchev–Trinajstić information content (AvgIpc) is 3.23. The van der Waals surface area contributed by atoms with Crippen LogP contribution >= 0.6 is 0 Å². The van der Waals surface area contributed by atoms with Crippen molar-refractivity contribution in [2.75, 3.05) is 25.1 Å². The number of benzene rings is 2. The van der Waals surface area contributed by atoms with Crippen LogP contribution in [0.25, 0.3) is 28.2 Å². The normalized spacial score (nSPS) is 19.0. The van der Waals surface area contributed by atoms with Crippen molar-refractivity contribution in [1.82, 2.24) is 14.6 Å². The molecule has 0 saturated carbocycles. The Kier molecular flexibility index (Phi) is 5.10. The molecule has 0 N–H and O–H groups in total. The summed E-state index contributed by atoms with van der Waals surface area (Å²) in [5.41, 5.74) is 4.88. The van der Waals surface area contributed by atoms with E-state index in [1.54, 1.807) is 7.11 Å². The van der Waals surface area contributed by atoms with E-state index in [9.17, 15) is 0 Å². The molecule has 2 atom stereocenters. The van der Waals surface area contributed by atoms with E-state index in [0.29, 0.717) is 11.8 Å². The molecule has 1 aliphatic heterocycles. The third kappa shape index (κ3) is 3.88. The number of rotatable bonds is 4. The van der Waals surface area contributed by atoms with Crippen LogP contribution in [0.3, 0.4) is 0 Å². The second-order valence-corrected chi connectivity index (χ2v) is 8.75. The molecular formula is C26H28N4O. The van der Waals surface area contributed by atoms with Gasteiger partial charge in [-0.1, -0.05) is 56.3 Å². The molecule has 1 fully saturated rings. The quantitative estimate of drug-likeness (QED) is 0.440. The molecule has 5 heteroatoms. The van der Waals surface area contributed by atoms with Gasteiger partial charge < -0.3 is 9.64 Å². The van der Waals surface area contributed by atoms with Gasteiger partial charge in [0.1, 0.15) is 11.6 Å². The first-order valence-electron chi connectivity index (χ1n) is 11.0. The van der Waals surface area contributed by atoms with Crippen LogP contribution in [0.1, 0.15) is 20.3 Å². The highest BCUT2D eigenvalue weighted by molar-refractivity contribution is 5.71. The predicted molar refractivity (Wildman–Crippen MR) is 126 cm³/mol. The van der Waals surface area contributed by atoms with Crippen molar-refractivity contribution in [3.05, 3.63) is 66.7 Å². The summed E-state index contributed by atoms with van der Waals surface area (Å²) >= 11 is 0. The van der Waals surface area contributed by atoms with E-state index in [1.807, 2.05) is 28.8 Å². The Morgan fingerprint density at radius 3 is 2.32 bits per heavy atom. The minimum Gasteiger partial charge on any atom is -0.497 e. The van der Waals surface area contributed by atoms with E-state index >= 15 is 0 Å². The Bertz CT molecular complexity index is 1190. The van der Waals surface area contributed by atoms with Gasteiger partial charge in [-0.2, -0.15) is 9.61 Å². The number of aromatic nitrogens is 3. The van der Waals surface area contributed by atoms with E-state index < -0.39 is 0 Å². The molecule has 2 aromatic heterocycles. The average molecular weight is 413 g/mol. The zero-order valence-corrected chi connectivity index (χ0v) is 18.3. The Labute approximate surface area is 183 Å². The zero-order chi connectivity index (χ0) is 21.4. The lowest BCUT2D eigenvalue weighted by Crippen LogP contribution is -2.39. The topological polar surface area (TPSA) is 42.7 Å². The van der Waals surface area contributed by atoms with Crippen molar-refractivity contribution < 1.29 is 4.74 Å². The van der Waals surface area contributed by atoms with Crippen molar-refractivity contribution in [3.8, 4) is 28.3 Å². The summed E-state index contributed by atoms with van der Waals surface area (Å²) < 4.78 is 7.42.